The lowest BCUT2D eigenvalue weighted by Crippen LogP contribution is -2.37. The van der Waals surface area contributed by atoms with Crippen LogP contribution in [0.15, 0.2) is 30.5 Å². The van der Waals surface area contributed by atoms with Crippen LogP contribution in [0.3, 0.4) is 0 Å². The number of nitrogen functional groups attached to an aromatic ring is 1. The Morgan fingerprint density at radius 3 is 2.77 bits per heavy atom. The van der Waals surface area contributed by atoms with Gasteiger partial charge in [0.25, 0.3) is 0 Å². The van der Waals surface area contributed by atoms with E-state index in [9.17, 15) is 5.26 Å². The fraction of sp³-hybridized carbons (Fsp3) is 0.294. The van der Waals surface area contributed by atoms with Gasteiger partial charge in [0.05, 0.1) is 18.8 Å². The minimum Gasteiger partial charge on any atom is -0.399 e. The van der Waals surface area contributed by atoms with Crippen LogP contribution in [-0.2, 0) is 4.74 Å². The molecule has 1 aliphatic heterocycles. The summed E-state index contributed by atoms with van der Waals surface area (Å²) in [5.41, 5.74) is 10.2. The predicted molar refractivity (Wildman–Crippen MR) is 86.6 cm³/mol. The second kappa shape index (κ2) is 6.04. The third-order valence-electron chi connectivity index (χ3n) is 3.87. The molecule has 5 heteroatoms. The number of hydrogen-bond acceptors (Lipinski definition) is 5. The molecule has 22 heavy (non-hydrogen) atoms. The van der Waals surface area contributed by atoms with Crippen LogP contribution in [0, 0.1) is 18.3 Å². The molecule has 0 radical (unpaired) electrons. The molecule has 1 aliphatic rings. The minimum atomic E-state index is 0.584. The molecule has 5 nitrogen and oxygen atoms in total. The van der Waals surface area contributed by atoms with E-state index in [2.05, 4.69) is 16.0 Å². The normalized spacial score (nSPS) is 14.6. The Kier molecular flexibility index (Phi) is 3.94. The van der Waals surface area contributed by atoms with Crippen molar-refractivity contribution in [3.05, 3.63) is 41.6 Å². The van der Waals surface area contributed by atoms with E-state index >= 15 is 0 Å². The molecule has 112 valence electrons. The van der Waals surface area contributed by atoms with Gasteiger partial charge in [0.15, 0.2) is 0 Å². The number of nitriles is 1. The van der Waals surface area contributed by atoms with Crippen molar-refractivity contribution in [3.8, 4) is 17.2 Å². The molecular formula is C17H18N4O. The summed E-state index contributed by atoms with van der Waals surface area (Å²) in [5, 5.41) is 9.47. The average molecular weight is 294 g/mol. The largest absolute Gasteiger partial charge is 0.399 e. The number of hydrogen-bond donors (Lipinski definition) is 1. The smallest absolute Gasteiger partial charge is 0.146 e. The molecule has 2 aromatic rings. The third kappa shape index (κ3) is 2.74. The Bertz CT molecular complexity index is 730. The zero-order chi connectivity index (χ0) is 15.5. The van der Waals surface area contributed by atoms with Crippen molar-refractivity contribution in [2.45, 2.75) is 6.92 Å². The molecule has 1 saturated heterocycles. The van der Waals surface area contributed by atoms with Crippen LogP contribution >= 0.6 is 0 Å². The molecule has 0 aliphatic carbocycles. The van der Waals surface area contributed by atoms with Crippen molar-refractivity contribution in [1.29, 1.82) is 5.26 Å². The summed E-state index contributed by atoms with van der Waals surface area (Å²) in [6.07, 6.45) is 1.81. The maximum absolute atomic E-state index is 9.47. The maximum Gasteiger partial charge on any atom is 0.146 e. The van der Waals surface area contributed by atoms with Gasteiger partial charge in [-0.15, -0.1) is 0 Å². The molecule has 0 spiro atoms. The Morgan fingerprint density at radius 1 is 1.27 bits per heavy atom. The van der Waals surface area contributed by atoms with Crippen molar-refractivity contribution in [2.75, 3.05) is 36.9 Å². The van der Waals surface area contributed by atoms with Crippen LogP contribution in [0.5, 0.6) is 0 Å². The number of rotatable bonds is 2. The minimum absolute atomic E-state index is 0.584. The molecule has 0 amide bonds. The Labute approximate surface area is 129 Å². The van der Waals surface area contributed by atoms with Gasteiger partial charge in [-0.25, -0.2) is 4.98 Å². The summed E-state index contributed by atoms with van der Waals surface area (Å²) in [5.74, 6) is 0.733. The fourth-order valence-corrected chi connectivity index (χ4v) is 2.66. The zero-order valence-electron chi connectivity index (χ0n) is 12.5. The first-order chi connectivity index (χ1) is 10.7. The molecule has 1 fully saturated rings. The van der Waals surface area contributed by atoms with E-state index in [1.165, 1.54) is 0 Å². The van der Waals surface area contributed by atoms with Crippen molar-refractivity contribution in [2.24, 2.45) is 0 Å². The van der Waals surface area contributed by atoms with Gasteiger partial charge in [-0.2, -0.15) is 5.26 Å². The van der Waals surface area contributed by atoms with Gasteiger partial charge in [-0.05, 0) is 36.2 Å². The number of benzene rings is 1. The van der Waals surface area contributed by atoms with Gasteiger partial charge in [-0.3, -0.25) is 0 Å². The molecule has 2 heterocycles. The van der Waals surface area contributed by atoms with Crippen LogP contribution in [0.2, 0.25) is 0 Å². The lowest BCUT2D eigenvalue weighted by molar-refractivity contribution is 0.122. The second-order valence-electron chi connectivity index (χ2n) is 5.38. The molecule has 3 rings (SSSR count). The van der Waals surface area contributed by atoms with Crippen molar-refractivity contribution in [3.63, 3.8) is 0 Å². The highest BCUT2D eigenvalue weighted by Crippen LogP contribution is 2.28. The van der Waals surface area contributed by atoms with Gasteiger partial charge < -0.3 is 15.4 Å². The highest BCUT2D eigenvalue weighted by atomic mass is 16.5. The van der Waals surface area contributed by atoms with Gasteiger partial charge in [0.2, 0.25) is 0 Å². The van der Waals surface area contributed by atoms with Gasteiger partial charge >= 0.3 is 0 Å². The predicted octanol–water partition coefficient (Wildman–Crippen LogP) is 2.35. The first-order valence-electron chi connectivity index (χ1n) is 7.28. The van der Waals surface area contributed by atoms with Crippen LogP contribution < -0.4 is 10.6 Å². The molecule has 0 atom stereocenters. The summed E-state index contributed by atoms with van der Waals surface area (Å²) in [4.78, 5) is 6.62. The first kappa shape index (κ1) is 14.4. The average Bonchev–Trinajstić information content (AvgIpc) is 2.57. The van der Waals surface area contributed by atoms with Crippen molar-refractivity contribution >= 4 is 11.5 Å². The summed E-state index contributed by atoms with van der Waals surface area (Å²) in [6, 6.07) is 9.92. The van der Waals surface area contributed by atoms with Gasteiger partial charge in [0, 0.05) is 30.5 Å². The third-order valence-corrected chi connectivity index (χ3v) is 3.87. The molecule has 0 saturated carbocycles. The highest BCUT2D eigenvalue weighted by Gasteiger charge is 2.17. The van der Waals surface area contributed by atoms with E-state index in [-0.39, 0.29) is 0 Å². The van der Waals surface area contributed by atoms with E-state index in [1.807, 2.05) is 37.4 Å². The number of aryl methyl sites for hydroxylation is 1. The van der Waals surface area contributed by atoms with E-state index < -0.39 is 0 Å². The summed E-state index contributed by atoms with van der Waals surface area (Å²) >= 11 is 0. The topological polar surface area (TPSA) is 75.2 Å². The highest BCUT2D eigenvalue weighted by molar-refractivity contribution is 5.73. The van der Waals surface area contributed by atoms with Crippen LogP contribution in [-0.4, -0.2) is 31.3 Å². The SMILES string of the molecule is Cc1ccc(N)cc1-c1cnc(N2CCOCC2)c(C#N)c1. The first-order valence-corrected chi connectivity index (χ1v) is 7.28. The lowest BCUT2D eigenvalue weighted by Gasteiger charge is -2.28. The molecule has 2 N–H and O–H groups in total. The molecular weight excluding hydrogens is 276 g/mol. The standard InChI is InChI=1S/C17H18N4O/c1-12-2-3-15(19)9-16(12)14-8-13(10-18)17(20-11-14)21-4-6-22-7-5-21/h2-3,8-9,11H,4-7,19H2,1H3. The fourth-order valence-electron chi connectivity index (χ4n) is 2.66. The number of pyridine rings is 1. The van der Waals surface area contributed by atoms with Gasteiger partial charge in [0.1, 0.15) is 11.9 Å². The monoisotopic (exact) mass is 294 g/mol. The van der Waals surface area contributed by atoms with Crippen LogP contribution in [0.4, 0.5) is 11.5 Å². The number of anilines is 2. The molecule has 0 unspecified atom stereocenters. The number of nitrogens with zero attached hydrogens (tertiary/aromatic N) is 3. The Hall–Kier alpha value is -2.58. The summed E-state index contributed by atoms with van der Waals surface area (Å²) < 4.78 is 5.35. The quantitative estimate of drug-likeness (QED) is 0.860. The van der Waals surface area contributed by atoms with Crippen LogP contribution in [0.1, 0.15) is 11.1 Å². The van der Waals surface area contributed by atoms with E-state index in [0.29, 0.717) is 24.5 Å². The molecule has 1 aromatic carbocycles. The summed E-state index contributed by atoms with van der Waals surface area (Å²) in [6.45, 7) is 4.89. The van der Waals surface area contributed by atoms with Crippen molar-refractivity contribution < 1.29 is 4.74 Å². The van der Waals surface area contributed by atoms with Crippen LogP contribution in [0.25, 0.3) is 11.1 Å². The lowest BCUT2D eigenvalue weighted by atomic mass is 10.00. The molecule has 0 bridgehead atoms. The Morgan fingerprint density at radius 2 is 2.05 bits per heavy atom. The van der Waals surface area contributed by atoms with E-state index in [1.54, 1.807) is 0 Å². The number of morpholine rings is 1. The molecule has 1 aromatic heterocycles. The number of ether oxygens (including phenoxy) is 1. The maximum atomic E-state index is 9.47. The number of aromatic nitrogens is 1. The van der Waals surface area contributed by atoms with E-state index in [4.69, 9.17) is 10.5 Å². The second-order valence-corrected chi connectivity index (χ2v) is 5.38. The van der Waals surface area contributed by atoms with E-state index in [0.717, 1.165) is 35.6 Å². The summed E-state index contributed by atoms with van der Waals surface area (Å²) in [7, 11) is 0. The van der Waals surface area contributed by atoms with Crippen molar-refractivity contribution in [1.82, 2.24) is 4.98 Å². The van der Waals surface area contributed by atoms with Gasteiger partial charge in [-0.1, -0.05) is 6.07 Å². The number of nitrogens with two attached hydrogens (primary N) is 1. The zero-order valence-corrected chi connectivity index (χ0v) is 12.5. The Balaban J connectivity index is 2.01.